The van der Waals surface area contributed by atoms with E-state index >= 15 is 0 Å². The molecule has 1 amide bonds. The number of nitrogens with zero attached hydrogens (tertiary/aromatic N) is 2. The SMILES string of the molecule is NC(=O)C1CCC(Nc2cc(Cl)nnc2Cl)CC1. The van der Waals surface area contributed by atoms with Gasteiger partial charge in [-0.2, -0.15) is 0 Å². The summed E-state index contributed by atoms with van der Waals surface area (Å²) in [6, 6.07) is 1.91. The summed E-state index contributed by atoms with van der Waals surface area (Å²) in [4.78, 5) is 11.1. The van der Waals surface area contributed by atoms with Crippen molar-refractivity contribution in [2.24, 2.45) is 11.7 Å². The lowest BCUT2D eigenvalue weighted by Crippen LogP contribution is -2.32. The molecule has 18 heavy (non-hydrogen) atoms. The standard InChI is InChI=1S/C11H14Cl2N4O/c12-9-5-8(10(13)17-16-9)15-7-3-1-6(2-4-7)11(14)18/h5-7H,1-4H2,(H2,14,18)(H,15,16). The van der Waals surface area contributed by atoms with Gasteiger partial charge >= 0.3 is 0 Å². The predicted octanol–water partition coefficient (Wildman–Crippen LogP) is 2.24. The fourth-order valence-electron chi connectivity index (χ4n) is 2.20. The van der Waals surface area contributed by atoms with E-state index in [1.54, 1.807) is 6.07 Å². The first-order valence-corrected chi connectivity index (χ1v) is 6.56. The second-order valence-electron chi connectivity index (χ2n) is 4.47. The molecule has 0 spiro atoms. The zero-order valence-corrected chi connectivity index (χ0v) is 11.2. The van der Waals surface area contributed by atoms with Gasteiger partial charge in [0.15, 0.2) is 10.3 Å². The highest BCUT2D eigenvalue weighted by atomic mass is 35.5. The Hall–Kier alpha value is -1.07. The molecule has 0 aliphatic heterocycles. The van der Waals surface area contributed by atoms with Crippen LogP contribution in [0.4, 0.5) is 5.69 Å². The van der Waals surface area contributed by atoms with Crippen LogP contribution in [0, 0.1) is 5.92 Å². The van der Waals surface area contributed by atoms with E-state index in [2.05, 4.69) is 15.5 Å². The lowest BCUT2D eigenvalue weighted by atomic mass is 9.85. The number of halogens is 2. The molecule has 1 aliphatic rings. The maximum Gasteiger partial charge on any atom is 0.220 e. The number of hydrogen-bond donors (Lipinski definition) is 2. The summed E-state index contributed by atoms with van der Waals surface area (Å²) in [6.45, 7) is 0. The van der Waals surface area contributed by atoms with Gasteiger partial charge in [-0.1, -0.05) is 23.2 Å². The Balaban J connectivity index is 1.95. The Labute approximate surface area is 115 Å². The third-order valence-electron chi connectivity index (χ3n) is 3.21. The number of anilines is 1. The number of rotatable bonds is 3. The van der Waals surface area contributed by atoms with Crippen LogP contribution < -0.4 is 11.1 Å². The number of primary amides is 1. The molecule has 7 heteroatoms. The van der Waals surface area contributed by atoms with Crippen LogP contribution in [0.1, 0.15) is 25.7 Å². The smallest absolute Gasteiger partial charge is 0.220 e. The molecule has 98 valence electrons. The second-order valence-corrected chi connectivity index (χ2v) is 5.21. The van der Waals surface area contributed by atoms with Crippen LogP contribution in [0.3, 0.4) is 0 Å². The van der Waals surface area contributed by atoms with Gasteiger partial charge in [-0.15, -0.1) is 10.2 Å². The first-order valence-electron chi connectivity index (χ1n) is 5.81. The highest BCUT2D eigenvalue weighted by molar-refractivity contribution is 6.33. The summed E-state index contributed by atoms with van der Waals surface area (Å²) in [5.41, 5.74) is 5.97. The van der Waals surface area contributed by atoms with E-state index in [4.69, 9.17) is 28.9 Å². The zero-order valence-electron chi connectivity index (χ0n) is 9.70. The van der Waals surface area contributed by atoms with E-state index in [-0.39, 0.29) is 17.9 Å². The van der Waals surface area contributed by atoms with Crippen LogP contribution in [0.15, 0.2) is 6.07 Å². The van der Waals surface area contributed by atoms with Crippen molar-refractivity contribution in [2.75, 3.05) is 5.32 Å². The Morgan fingerprint density at radius 1 is 1.28 bits per heavy atom. The molecule has 1 aromatic rings. The van der Waals surface area contributed by atoms with Crippen molar-refractivity contribution in [3.05, 3.63) is 16.4 Å². The average Bonchev–Trinajstić information content (AvgIpc) is 2.34. The van der Waals surface area contributed by atoms with Gasteiger partial charge in [0.1, 0.15) is 0 Å². The number of nitrogens with one attached hydrogen (secondary N) is 1. The summed E-state index contributed by atoms with van der Waals surface area (Å²) in [7, 11) is 0. The van der Waals surface area contributed by atoms with E-state index in [1.807, 2.05) is 0 Å². The molecule has 1 aliphatic carbocycles. The minimum Gasteiger partial charge on any atom is -0.380 e. The molecule has 1 fully saturated rings. The van der Waals surface area contributed by atoms with E-state index in [1.165, 1.54) is 0 Å². The molecule has 0 saturated heterocycles. The van der Waals surface area contributed by atoms with Gasteiger partial charge in [-0.25, -0.2) is 0 Å². The lowest BCUT2D eigenvalue weighted by Gasteiger charge is -2.28. The third-order valence-corrected chi connectivity index (χ3v) is 3.67. The van der Waals surface area contributed by atoms with Gasteiger partial charge < -0.3 is 11.1 Å². The Morgan fingerprint density at radius 2 is 1.94 bits per heavy atom. The van der Waals surface area contributed by atoms with Crippen LogP contribution in [0.5, 0.6) is 0 Å². The third kappa shape index (κ3) is 3.23. The summed E-state index contributed by atoms with van der Waals surface area (Å²) in [6.07, 6.45) is 3.36. The van der Waals surface area contributed by atoms with Gasteiger partial charge in [0.25, 0.3) is 0 Å². The minimum atomic E-state index is -0.208. The molecular formula is C11H14Cl2N4O. The van der Waals surface area contributed by atoms with Crippen LogP contribution in [-0.4, -0.2) is 22.1 Å². The monoisotopic (exact) mass is 288 g/mol. The molecule has 0 unspecified atom stereocenters. The number of hydrogen-bond acceptors (Lipinski definition) is 4. The molecule has 2 rings (SSSR count). The van der Waals surface area contributed by atoms with E-state index in [0.29, 0.717) is 16.0 Å². The van der Waals surface area contributed by atoms with Crippen LogP contribution in [0.25, 0.3) is 0 Å². The summed E-state index contributed by atoms with van der Waals surface area (Å²) in [5, 5.41) is 11.3. The number of carbonyl (C=O) groups is 1. The predicted molar refractivity (Wildman–Crippen MR) is 70.6 cm³/mol. The molecule has 0 radical (unpaired) electrons. The van der Waals surface area contributed by atoms with E-state index < -0.39 is 0 Å². The van der Waals surface area contributed by atoms with Crippen LogP contribution in [0.2, 0.25) is 10.3 Å². The normalized spacial score (nSPS) is 23.7. The minimum absolute atomic E-state index is 0.00215. The zero-order chi connectivity index (χ0) is 13.1. The number of carbonyl (C=O) groups excluding carboxylic acids is 1. The molecule has 1 saturated carbocycles. The van der Waals surface area contributed by atoms with Gasteiger partial charge in [0.05, 0.1) is 5.69 Å². The fraction of sp³-hybridized carbons (Fsp3) is 0.545. The fourth-order valence-corrected chi connectivity index (χ4v) is 2.49. The van der Waals surface area contributed by atoms with Crippen molar-refractivity contribution in [2.45, 2.75) is 31.7 Å². The summed E-state index contributed by atoms with van der Waals surface area (Å²) < 4.78 is 0. The first kappa shape index (κ1) is 13.4. The summed E-state index contributed by atoms with van der Waals surface area (Å²) >= 11 is 11.7. The summed E-state index contributed by atoms with van der Waals surface area (Å²) in [5.74, 6) is -0.210. The van der Waals surface area contributed by atoms with Crippen molar-refractivity contribution in [3.8, 4) is 0 Å². The van der Waals surface area contributed by atoms with Crippen molar-refractivity contribution < 1.29 is 4.79 Å². The molecule has 0 bridgehead atoms. The van der Waals surface area contributed by atoms with Crippen molar-refractivity contribution in [1.82, 2.24) is 10.2 Å². The van der Waals surface area contributed by atoms with Gasteiger partial charge in [0.2, 0.25) is 5.91 Å². The van der Waals surface area contributed by atoms with Crippen LogP contribution in [-0.2, 0) is 4.79 Å². The van der Waals surface area contributed by atoms with Crippen molar-refractivity contribution in [1.29, 1.82) is 0 Å². The molecule has 0 atom stereocenters. The lowest BCUT2D eigenvalue weighted by molar-refractivity contribution is -0.122. The molecular weight excluding hydrogens is 275 g/mol. The van der Waals surface area contributed by atoms with Crippen molar-refractivity contribution in [3.63, 3.8) is 0 Å². The van der Waals surface area contributed by atoms with Crippen molar-refractivity contribution >= 4 is 34.8 Å². The molecule has 3 N–H and O–H groups in total. The Morgan fingerprint density at radius 3 is 2.56 bits per heavy atom. The number of nitrogens with two attached hydrogens (primary N) is 1. The van der Waals surface area contributed by atoms with Gasteiger partial charge in [-0.05, 0) is 25.7 Å². The van der Waals surface area contributed by atoms with E-state index in [9.17, 15) is 4.79 Å². The topological polar surface area (TPSA) is 80.9 Å². The Bertz CT molecular complexity index is 447. The largest absolute Gasteiger partial charge is 0.380 e. The molecule has 0 aromatic carbocycles. The maximum absolute atomic E-state index is 11.1. The van der Waals surface area contributed by atoms with E-state index in [0.717, 1.165) is 25.7 Å². The average molecular weight is 289 g/mol. The van der Waals surface area contributed by atoms with Gasteiger partial charge in [0, 0.05) is 18.0 Å². The molecule has 5 nitrogen and oxygen atoms in total. The first-order chi connectivity index (χ1) is 8.56. The molecule has 1 aromatic heterocycles. The Kier molecular flexibility index (Phi) is 4.24. The maximum atomic E-state index is 11.1. The van der Waals surface area contributed by atoms with Gasteiger partial charge in [-0.3, -0.25) is 4.79 Å². The molecule has 1 heterocycles. The highest BCUT2D eigenvalue weighted by Gasteiger charge is 2.25. The van der Waals surface area contributed by atoms with Crippen LogP contribution >= 0.6 is 23.2 Å². The highest BCUT2D eigenvalue weighted by Crippen LogP contribution is 2.28. The second kappa shape index (κ2) is 5.71. The number of aromatic nitrogens is 2. The quantitative estimate of drug-likeness (QED) is 0.894. The number of amides is 1.